The third-order valence-electron chi connectivity index (χ3n) is 11.1. The molecule has 0 N–H and O–H groups in total. The van der Waals surface area contributed by atoms with Gasteiger partial charge in [-0.1, -0.05) is 105 Å². The Balaban J connectivity index is 0.000000214. The molecule has 0 aliphatic rings. The van der Waals surface area contributed by atoms with Crippen molar-refractivity contribution in [2.75, 3.05) is 0 Å². The molecule has 9 rings (SSSR count). The van der Waals surface area contributed by atoms with Gasteiger partial charge in [0.1, 0.15) is 0 Å². The van der Waals surface area contributed by atoms with Crippen molar-refractivity contribution in [3.05, 3.63) is 156 Å². The van der Waals surface area contributed by atoms with Gasteiger partial charge in [0.25, 0.3) is 0 Å². The Morgan fingerprint density at radius 2 is 1.39 bits per heavy atom. The molecule has 9 aromatic rings. The first-order valence-corrected chi connectivity index (χ1v) is 28.9. The Hall–Kier alpha value is -4.39. The molecule has 0 fully saturated rings. The van der Waals surface area contributed by atoms with Crippen molar-refractivity contribution in [2.45, 2.75) is 77.1 Å². The van der Waals surface area contributed by atoms with Crippen LogP contribution in [0.4, 0.5) is 0 Å². The van der Waals surface area contributed by atoms with Crippen LogP contribution in [0.1, 0.15) is 70.1 Å². The first-order valence-electron chi connectivity index (χ1n) is 20.7. The molecule has 0 bridgehead atoms. The van der Waals surface area contributed by atoms with E-state index in [0.29, 0.717) is 17.8 Å². The van der Waals surface area contributed by atoms with Crippen molar-refractivity contribution in [3.63, 3.8) is 0 Å². The van der Waals surface area contributed by atoms with E-state index in [1.54, 1.807) is 4.40 Å². The van der Waals surface area contributed by atoms with Crippen LogP contribution in [0.5, 0.6) is 0 Å². The first-order chi connectivity index (χ1) is 27.9. The number of hydrogen-bond acceptors (Lipinski definition) is 3. The van der Waals surface area contributed by atoms with Gasteiger partial charge >= 0.3 is 126 Å². The zero-order valence-electron chi connectivity index (χ0n) is 35.6. The molecule has 6 heteroatoms. The van der Waals surface area contributed by atoms with E-state index in [9.17, 15) is 0 Å². The van der Waals surface area contributed by atoms with Crippen LogP contribution in [0.15, 0.2) is 128 Å². The van der Waals surface area contributed by atoms with E-state index in [2.05, 4.69) is 185 Å². The van der Waals surface area contributed by atoms with Crippen LogP contribution in [-0.4, -0.2) is 27.8 Å². The minimum absolute atomic E-state index is 0. The van der Waals surface area contributed by atoms with Crippen LogP contribution in [0.25, 0.3) is 70.3 Å². The van der Waals surface area contributed by atoms with E-state index in [0.717, 1.165) is 34.6 Å². The molecule has 0 saturated heterocycles. The zero-order chi connectivity index (χ0) is 40.7. The minimum Gasteiger partial charge on any atom is -0.332 e. The van der Waals surface area contributed by atoms with E-state index in [4.69, 9.17) is 9.97 Å². The van der Waals surface area contributed by atoms with Gasteiger partial charge in [0, 0.05) is 35.9 Å². The SMILES string of the molecule is CC(C)Cc1cc(-c2[c-]cccc2)nc[c]1[Ge]([CH3])([CH3])[CH3].CC(C)c1cccc(C(C)C)c1-n1c(-c2[c-]ccc3c2sc2ccccc23)nc2ccc3ccccc3c21.[Ir]. The van der Waals surface area contributed by atoms with Crippen molar-refractivity contribution in [1.82, 2.24) is 14.5 Å². The van der Waals surface area contributed by atoms with Crippen LogP contribution in [0, 0.1) is 18.1 Å². The number of fused-ring (bicyclic) bond motifs is 6. The number of aromatic nitrogens is 3. The second-order valence-electron chi connectivity index (χ2n) is 17.6. The molecular formula is C53H53GeIrN3S-2. The fraction of sp³-hybridized carbons (Fsp3) is 0.245. The molecule has 3 nitrogen and oxygen atoms in total. The molecule has 0 saturated carbocycles. The molecule has 0 amide bonds. The number of imidazole rings is 1. The van der Waals surface area contributed by atoms with E-state index >= 15 is 0 Å². The van der Waals surface area contributed by atoms with E-state index in [1.807, 2.05) is 29.5 Å². The molecule has 3 aromatic heterocycles. The van der Waals surface area contributed by atoms with Gasteiger partial charge in [-0.3, -0.25) is 4.98 Å². The molecule has 59 heavy (non-hydrogen) atoms. The Kier molecular flexibility index (Phi) is 12.8. The summed E-state index contributed by atoms with van der Waals surface area (Å²) in [6.07, 6.45) is 3.27. The Morgan fingerprint density at radius 1 is 0.695 bits per heavy atom. The van der Waals surface area contributed by atoms with E-state index in [-0.39, 0.29) is 20.1 Å². The van der Waals surface area contributed by atoms with Gasteiger partial charge in [0.05, 0.1) is 16.9 Å². The predicted octanol–water partition coefficient (Wildman–Crippen LogP) is 14.6. The van der Waals surface area contributed by atoms with Gasteiger partial charge in [0.2, 0.25) is 0 Å². The Morgan fingerprint density at radius 3 is 2.07 bits per heavy atom. The van der Waals surface area contributed by atoms with E-state index < -0.39 is 13.3 Å². The summed E-state index contributed by atoms with van der Waals surface area (Å²) in [6.45, 7) is 13.7. The number of para-hydroxylation sites is 1. The van der Waals surface area contributed by atoms with Gasteiger partial charge in [0.15, 0.2) is 0 Å². The molecule has 0 aliphatic heterocycles. The maximum atomic E-state index is 5.37. The maximum Gasteiger partial charge on any atom is 0.0781 e. The largest absolute Gasteiger partial charge is 0.332 e. The average Bonchev–Trinajstić information content (AvgIpc) is 3.79. The fourth-order valence-corrected chi connectivity index (χ4v) is 12.9. The molecule has 1 radical (unpaired) electrons. The summed E-state index contributed by atoms with van der Waals surface area (Å²) in [5.74, 6) is 9.69. The molecule has 0 spiro atoms. The summed E-state index contributed by atoms with van der Waals surface area (Å²) in [5, 5.41) is 5.01. The smallest absolute Gasteiger partial charge is 0.0781 e. The molecule has 6 aromatic carbocycles. The summed E-state index contributed by atoms with van der Waals surface area (Å²) in [5.41, 5.74) is 10.8. The van der Waals surface area contributed by atoms with Gasteiger partial charge in [-0.15, -0.1) is 18.2 Å². The molecule has 301 valence electrons. The predicted molar refractivity (Wildman–Crippen MR) is 254 cm³/mol. The second-order valence-corrected chi connectivity index (χ2v) is 29.2. The quantitative estimate of drug-likeness (QED) is 0.112. The van der Waals surface area contributed by atoms with Gasteiger partial charge < -0.3 is 4.57 Å². The third-order valence-corrected chi connectivity index (χ3v) is 16.6. The van der Waals surface area contributed by atoms with Crippen LogP contribution < -0.4 is 4.40 Å². The topological polar surface area (TPSA) is 30.7 Å². The number of thiophene rings is 1. The molecule has 0 aliphatic carbocycles. The Labute approximate surface area is 370 Å². The molecule has 3 heterocycles. The first kappa shape index (κ1) is 42.7. The fourth-order valence-electron chi connectivity index (χ4n) is 8.33. The molecular weight excluding hydrogens is 975 g/mol. The zero-order valence-corrected chi connectivity index (χ0v) is 41.0. The van der Waals surface area contributed by atoms with Crippen LogP contribution in [0.2, 0.25) is 17.3 Å². The second kappa shape index (κ2) is 17.7. The van der Waals surface area contributed by atoms with Crippen molar-refractivity contribution in [2.24, 2.45) is 5.92 Å². The van der Waals surface area contributed by atoms with Gasteiger partial charge in [-0.25, -0.2) is 0 Å². The van der Waals surface area contributed by atoms with Crippen LogP contribution in [0.3, 0.4) is 0 Å². The number of benzene rings is 6. The standard InChI is InChI=1S/C35H29N2S.C18H24GeN.Ir/c1-21(2)24-14-9-15-25(22(3)4)32(24)37-33-26-12-6-5-11-23(26)19-20-30(33)36-35(37)29-17-10-16-28-27-13-7-8-18-31(27)38-34(28)29;1-14(2)11-16-12-18(15-9-7-6-8-10-15)20-13-17(16)19(3,4)5;/h5-16,18-22H,1-4H3;6-9,12-14H,11H2,1-5H3;/q2*-1;. The van der Waals surface area contributed by atoms with Crippen molar-refractivity contribution >= 4 is 71.0 Å². The minimum atomic E-state index is -1.86. The maximum absolute atomic E-state index is 5.37. The normalized spacial score (nSPS) is 11.9. The molecule has 0 unspecified atom stereocenters. The van der Waals surface area contributed by atoms with Crippen molar-refractivity contribution < 1.29 is 20.1 Å². The summed E-state index contributed by atoms with van der Waals surface area (Å²) in [6, 6.07) is 50.1. The Bertz CT molecular complexity index is 2870. The third kappa shape index (κ3) is 8.50. The van der Waals surface area contributed by atoms with Crippen molar-refractivity contribution in [1.29, 1.82) is 0 Å². The van der Waals surface area contributed by atoms with Crippen LogP contribution in [-0.2, 0) is 26.5 Å². The van der Waals surface area contributed by atoms with Crippen LogP contribution >= 0.6 is 11.3 Å². The van der Waals surface area contributed by atoms with Gasteiger partial charge in [-0.05, 0) is 50.6 Å². The van der Waals surface area contributed by atoms with E-state index in [1.165, 1.54) is 58.8 Å². The van der Waals surface area contributed by atoms with Gasteiger partial charge in [-0.2, -0.15) is 11.3 Å². The summed E-state index contributed by atoms with van der Waals surface area (Å²) in [4.78, 5) is 10.1. The number of pyridine rings is 1. The number of rotatable bonds is 8. The summed E-state index contributed by atoms with van der Waals surface area (Å²) in [7, 11) is 0. The monoisotopic (exact) mass is 1030 g/mol. The number of nitrogens with zero attached hydrogens (tertiary/aromatic N) is 3. The summed E-state index contributed by atoms with van der Waals surface area (Å²) >= 11 is -0.0211. The average molecular weight is 1030 g/mol. The molecule has 0 atom stereocenters. The van der Waals surface area contributed by atoms with Crippen molar-refractivity contribution in [3.8, 4) is 28.3 Å². The summed E-state index contributed by atoms with van der Waals surface area (Å²) < 4.78 is 6.53. The number of hydrogen-bond donors (Lipinski definition) is 0.